The third kappa shape index (κ3) is 8.88. The molecule has 0 bridgehead atoms. The fourth-order valence-electron chi connectivity index (χ4n) is 10.9. The number of aromatic nitrogens is 2. The zero-order valence-corrected chi connectivity index (χ0v) is 39.1. The number of rotatable bonds is 10. The normalized spacial score (nSPS) is 18.8. The molecule has 7 aromatic rings. The summed E-state index contributed by atoms with van der Waals surface area (Å²) in [6.45, 7) is 10.9. The lowest BCUT2D eigenvalue weighted by atomic mass is 9.69. The summed E-state index contributed by atoms with van der Waals surface area (Å²) in [4.78, 5) is 23.1. The highest BCUT2D eigenvalue weighted by Gasteiger charge is 2.37. The number of phenolic OH excluding ortho intramolecular Hbond substituents is 1. The molecule has 0 spiro atoms. The van der Waals surface area contributed by atoms with Crippen LogP contribution in [0.3, 0.4) is 0 Å². The second kappa shape index (κ2) is 17.9. The number of anilines is 2. The third-order valence-corrected chi connectivity index (χ3v) is 14.8. The number of aryl methyl sites for hydroxylation is 3. The minimum Gasteiger partial charge on any atom is -0.508 e. The van der Waals surface area contributed by atoms with E-state index in [2.05, 4.69) is 56.1 Å². The predicted molar refractivity (Wildman–Crippen MR) is 264 cm³/mol. The van der Waals surface area contributed by atoms with E-state index in [0.717, 1.165) is 101 Å². The van der Waals surface area contributed by atoms with E-state index in [1.54, 1.807) is 43.8 Å². The molecule has 4 N–H and O–H groups in total. The standard InChI is InChI=1S/C56H59F2N5O5/c1-35-29-41(12-18-50(35)68-51-17-8-38(55(2,3)66)31-47(51)48-33-60(4)54(65)53-46(48)19-22-59-53)62-23-20-56(67,21-24-62)34-61-25-27-63(28-26-61)40-10-5-36(6-11-40)52-43-16-13-42(64)30-37(43)7-14-45(52)44-15-9-39(57)32-49(44)58/h5-6,8-13,15-19,22,29-33,45,52,59,64,66-67H,7,14,20-21,23-28,34H2,1-4H3/t45-,52-/m0/s1. The Labute approximate surface area is 395 Å². The molecule has 5 aromatic carbocycles. The van der Waals surface area contributed by atoms with Gasteiger partial charge in [0, 0.05) is 105 Å². The molecular weight excluding hydrogens is 861 g/mol. The summed E-state index contributed by atoms with van der Waals surface area (Å²) in [7, 11) is 1.73. The number of phenols is 1. The quantitative estimate of drug-likeness (QED) is 0.107. The lowest BCUT2D eigenvalue weighted by Crippen LogP contribution is -2.55. The van der Waals surface area contributed by atoms with Gasteiger partial charge in [0.05, 0.1) is 11.2 Å². The maximum Gasteiger partial charge on any atom is 0.274 e. The van der Waals surface area contributed by atoms with Crippen LogP contribution in [0, 0.1) is 18.6 Å². The zero-order valence-electron chi connectivity index (χ0n) is 39.1. The third-order valence-electron chi connectivity index (χ3n) is 14.8. The molecule has 0 radical (unpaired) electrons. The van der Waals surface area contributed by atoms with Crippen LogP contribution in [0.1, 0.15) is 78.3 Å². The second-order valence-electron chi connectivity index (χ2n) is 19.8. The Hall–Kier alpha value is -6.47. The summed E-state index contributed by atoms with van der Waals surface area (Å²) in [6.07, 6.45) is 6.27. The van der Waals surface area contributed by atoms with E-state index in [9.17, 15) is 24.5 Å². The molecule has 1 aliphatic carbocycles. The van der Waals surface area contributed by atoms with Crippen molar-refractivity contribution in [3.05, 3.63) is 171 Å². The first-order valence-corrected chi connectivity index (χ1v) is 23.7. The van der Waals surface area contributed by atoms with Crippen molar-refractivity contribution in [2.75, 3.05) is 55.6 Å². The van der Waals surface area contributed by atoms with E-state index in [-0.39, 0.29) is 23.1 Å². The largest absolute Gasteiger partial charge is 0.508 e. The molecule has 2 aliphatic heterocycles. The van der Waals surface area contributed by atoms with Gasteiger partial charge in [0.1, 0.15) is 34.4 Å². The second-order valence-corrected chi connectivity index (χ2v) is 19.8. The molecule has 0 unspecified atom stereocenters. The van der Waals surface area contributed by atoms with Crippen LogP contribution in [-0.4, -0.2) is 81.2 Å². The first-order chi connectivity index (χ1) is 32.6. The SMILES string of the molecule is Cc1cc(N2CCC(O)(CN3CCN(c4ccc([C@H]5c6ccc(O)cc6CC[C@H]5c5ccc(F)cc5F)cc4)CC3)CC2)ccc1Oc1ccc(C(C)(C)O)cc1-c1cn(C)c(=O)c2[nH]ccc12. The van der Waals surface area contributed by atoms with Gasteiger partial charge in [-0.15, -0.1) is 0 Å². The fraction of sp³-hybridized carbons (Fsp3) is 0.339. The number of piperidine rings is 1. The Kier molecular flexibility index (Phi) is 11.9. The Morgan fingerprint density at radius 1 is 0.794 bits per heavy atom. The summed E-state index contributed by atoms with van der Waals surface area (Å²) < 4.78 is 37.4. The van der Waals surface area contributed by atoms with Crippen LogP contribution < -0.4 is 20.1 Å². The van der Waals surface area contributed by atoms with Crippen molar-refractivity contribution in [2.45, 2.75) is 69.5 Å². The van der Waals surface area contributed by atoms with Crippen molar-refractivity contribution < 1.29 is 28.8 Å². The number of halogens is 2. The van der Waals surface area contributed by atoms with Gasteiger partial charge in [-0.3, -0.25) is 9.69 Å². The first kappa shape index (κ1) is 45.3. The average Bonchev–Trinajstić information content (AvgIpc) is 3.82. The topological polar surface area (TPSA) is 117 Å². The van der Waals surface area contributed by atoms with E-state index in [1.807, 2.05) is 55.6 Å². The maximum absolute atomic E-state index is 15.2. The highest BCUT2D eigenvalue weighted by atomic mass is 19.1. The van der Waals surface area contributed by atoms with Gasteiger partial charge in [-0.25, -0.2) is 8.78 Å². The van der Waals surface area contributed by atoms with Crippen molar-refractivity contribution in [3.63, 3.8) is 0 Å². The molecule has 0 saturated carbocycles. The zero-order chi connectivity index (χ0) is 47.5. The van der Waals surface area contributed by atoms with Gasteiger partial charge in [0.25, 0.3) is 5.56 Å². The average molecular weight is 920 g/mol. The lowest BCUT2D eigenvalue weighted by Gasteiger charge is -2.44. The van der Waals surface area contributed by atoms with Gasteiger partial charge in [-0.1, -0.05) is 30.3 Å². The van der Waals surface area contributed by atoms with Crippen LogP contribution >= 0.6 is 0 Å². The van der Waals surface area contributed by atoms with E-state index in [1.165, 1.54) is 6.07 Å². The number of H-pyrrole nitrogens is 1. The molecule has 352 valence electrons. The van der Waals surface area contributed by atoms with Crippen molar-refractivity contribution in [1.82, 2.24) is 14.5 Å². The highest BCUT2D eigenvalue weighted by Crippen LogP contribution is 2.48. The summed E-state index contributed by atoms with van der Waals surface area (Å²) in [5, 5.41) is 33.8. The smallest absolute Gasteiger partial charge is 0.274 e. The molecule has 4 heterocycles. The summed E-state index contributed by atoms with van der Waals surface area (Å²) in [5.41, 5.74) is 7.66. The molecule has 3 aliphatic rings. The number of nitrogens with zero attached hydrogens (tertiary/aromatic N) is 4. The van der Waals surface area contributed by atoms with Gasteiger partial charge in [0.15, 0.2) is 0 Å². The van der Waals surface area contributed by atoms with Crippen LogP contribution in [0.5, 0.6) is 17.2 Å². The van der Waals surface area contributed by atoms with Crippen LogP contribution in [0.15, 0.2) is 120 Å². The Morgan fingerprint density at radius 3 is 2.22 bits per heavy atom. The number of piperazine rings is 1. The summed E-state index contributed by atoms with van der Waals surface area (Å²) in [6, 6.07) is 31.7. The summed E-state index contributed by atoms with van der Waals surface area (Å²) in [5.74, 6) is 0.0985. The van der Waals surface area contributed by atoms with Crippen molar-refractivity contribution in [2.24, 2.45) is 7.05 Å². The van der Waals surface area contributed by atoms with Crippen LogP contribution in [0.4, 0.5) is 20.2 Å². The summed E-state index contributed by atoms with van der Waals surface area (Å²) >= 11 is 0. The van der Waals surface area contributed by atoms with Gasteiger partial charge in [-0.05, 0) is 152 Å². The number of aromatic hydroxyl groups is 1. The van der Waals surface area contributed by atoms with E-state index in [4.69, 9.17) is 4.74 Å². The van der Waals surface area contributed by atoms with Crippen molar-refractivity contribution >= 4 is 22.3 Å². The van der Waals surface area contributed by atoms with Gasteiger partial charge in [-0.2, -0.15) is 0 Å². The minimum atomic E-state index is -1.09. The first-order valence-electron chi connectivity index (χ1n) is 23.7. The number of benzene rings is 5. The molecule has 2 atom stereocenters. The Balaban J connectivity index is 0.768. The number of ether oxygens (including phenoxy) is 1. The predicted octanol–water partition coefficient (Wildman–Crippen LogP) is 9.86. The molecular formula is C56H59F2N5O5. The monoisotopic (exact) mass is 919 g/mol. The molecule has 12 heteroatoms. The number of aliphatic hydroxyl groups is 2. The number of hydrogen-bond donors (Lipinski definition) is 4. The number of nitrogens with one attached hydrogen (secondary N) is 1. The number of β-amino-alcohol motifs (C(OH)–C–C–N with tert-alkyl or cyclic N) is 1. The maximum atomic E-state index is 15.2. The van der Waals surface area contributed by atoms with Crippen LogP contribution in [0.2, 0.25) is 0 Å². The number of fused-ring (bicyclic) bond motifs is 2. The fourth-order valence-corrected chi connectivity index (χ4v) is 10.9. The molecule has 0 amide bonds. The van der Waals surface area contributed by atoms with Gasteiger partial charge >= 0.3 is 0 Å². The van der Waals surface area contributed by atoms with Gasteiger partial charge in [0.2, 0.25) is 0 Å². The minimum absolute atomic E-state index is 0.122. The lowest BCUT2D eigenvalue weighted by molar-refractivity contribution is -0.0173. The number of aromatic amines is 1. The number of pyridine rings is 1. The molecule has 2 saturated heterocycles. The van der Waals surface area contributed by atoms with Crippen molar-refractivity contribution in [1.29, 1.82) is 0 Å². The molecule has 2 fully saturated rings. The highest BCUT2D eigenvalue weighted by molar-refractivity contribution is 5.96. The van der Waals surface area contributed by atoms with Crippen LogP contribution in [0.25, 0.3) is 22.0 Å². The number of hydrogen-bond acceptors (Lipinski definition) is 8. The molecule has 2 aromatic heterocycles. The van der Waals surface area contributed by atoms with E-state index >= 15 is 4.39 Å². The van der Waals surface area contributed by atoms with E-state index in [0.29, 0.717) is 54.8 Å². The van der Waals surface area contributed by atoms with E-state index < -0.39 is 22.8 Å². The molecule has 10 rings (SSSR count). The Bertz CT molecular complexity index is 3050. The van der Waals surface area contributed by atoms with Crippen LogP contribution in [-0.2, 0) is 19.1 Å². The molecule has 10 nitrogen and oxygen atoms in total. The Morgan fingerprint density at radius 2 is 1.50 bits per heavy atom. The molecule has 68 heavy (non-hydrogen) atoms. The van der Waals surface area contributed by atoms with Gasteiger partial charge < -0.3 is 39.4 Å². The van der Waals surface area contributed by atoms with Crippen molar-refractivity contribution in [3.8, 4) is 28.4 Å².